The van der Waals surface area contributed by atoms with Gasteiger partial charge in [-0.05, 0) is 58.7 Å². The molecule has 0 N–H and O–H groups in total. The molecule has 2 heterocycles. The van der Waals surface area contributed by atoms with Crippen LogP contribution < -0.4 is 14.2 Å². The molecule has 0 spiro atoms. The Labute approximate surface area is 318 Å². The van der Waals surface area contributed by atoms with Gasteiger partial charge in [-0.15, -0.1) is 0 Å². The fourth-order valence-corrected chi connectivity index (χ4v) is 8.81. The van der Waals surface area contributed by atoms with E-state index in [4.69, 9.17) is 28.4 Å². The summed E-state index contributed by atoms with van der Waals surface area (Å²) in [5.74, 6) is 1.91. The fourth-order valence-electron chi connectivity index (χ4n) is 8.81. The predicted octanol–water partition coefficient (Wildman–Crippen LogP) is 8.45. The summed E-state index contributed by atoms with van der Waals surface area (Å²) in [5.41, 5.74) is 2.97. The van der Waals surface area contributed by atoms with Crippen molar-refractivity contribution in [1.82, 2.24) is 0 Å². The highest BCUT2D eigenvalue weighted by molar-refractivity contribution is 5.66. The molecule has 0 aromatic heterocycles. The number of ether oxygens (including phenoxy) is 6. The van der Waals surface area contributed by atoms with Gasteiger partial charge in [0, 0.05) is 18.9 Å². The third-order valence-corrected chi connectivity index (χ3v) is 11.5. The normalized spacial score (nSPS) is 23.4. The zero-order chi connectivity index (χ0) is 37.8. The molecule has 0 amide bonds. The van der Waals surface area contributed by atoms with Crippen LogP contribution in [0.1, 0.15) is 54.0 Å². The van der Waals surface area contributed by atoms with Crippen LogP contribution in [-0.2, 0) is 37.8 Å². The molecule has 2 aliphatic rings. The highest BCUT2D eigenvalue weighted by atomic mass is 16.6. The molecule has 8 heteroatoms. The van der Waals surface area contributed by atoms with Crippen LogP contribution in [0.25, 0.3) is 0 Å². The van der Waals surface area contributed by atoms with E-state index in [1.54, 1.807) is 21.3 Å². The minimum atomic E-state index is -1.15. The molecule has 54 heavy (non-hydrogen) atoms. The largest absolute Gasteiger partial charge is 0.497 e. The maximum Gasteiger partial charge on any atom is 0.303 e. The Bertz CT molecular complexity index is 1870. The number of esters is 1. The quantitative estimate of drug-likeness (QED) is 0.0646. The van der Waals surface area contributed by atoms with Gasteiger partial charge < -0.3 is 28.4 Å². The van der Waals surface area contributed by atoms with Crippen LogP contribution in [0, 0.1) is 0 Å². The van der Waals surface area contributed by atoms with Crippen LogP contribution >= 0.6 is 0 Å². The Morgan fingerprint density at radius 1 is 0.667 bits per heavy atom. The van der Waals surface area contributed by atoms with Crippen LogP contribution in [0.4, 0.5) is 0 Å². The molecule has 0 radical (unpaired) electrons. The molecule has 5 aromatic rings. The molecule has 2 saturated heterocycles. The predicted molar refractivity (Wildman–Crippen MR) is 207 cm³/mol. The summed E-state index contributed by atoms with van der Waals surface area (Å²) in [6, 6.07) is 45.0. The van der Waals surface area contributed by atoms with Crippen molar-refractivity contribution >= 4 is 5.97 Å². The van der Waals surface area contributed by atoms with E-state index in [0.717, 1.165) is 39.5 Å². The zero-order valence-electron chi connectivity index (χ0n) is 31.8. The Balaban J connectivity index is 1.46. The highest BCUT2D eigenvalue weighted by Gasteiger charge is 2.70. The number of methoxy groups -OCH3 is 3. The number of piperidine rings is 1. The van der Waals surface area contributed by atoms with Gasteiger partial charge in [-0.2, -0.15) is 0 Å². The Hall–Kier alpha value is -5.15. The van der Waals surface area contributed by atoms with Gasteiger partial charge >= 0.3 is 5.97 Å². The minimum Gasteiger partial charge on any atom is -0.497 e. The molecule has 5 atom stereocenters. The van der Waals surface area contributed by atoms with Gasteiger partial charge in [0.05, 0.1) is 53.9 Å². The maximum absolute atomic E-state index is 12.8. The molecule has 7 rings (SSSR count). The number of fused-ring (bicyclic) bond motifs is 2. The van der Waals surface area contributed by atoms with Crippen LogP contribution in [0.3, 0.4) is 0 Å². The smallest absolute Gasteiger partial charge is 0.303 e. The van der Waals surface area contributed by atoms with Crippen molar-refractivity contribution in [2.75, 3.05) is 28.4 Å². The molecule has 2 fully saturated rings. The second-order valence-corrected chi connectivity index (χ2v) is 14.6. The number of nitrogens with zero attached hydrogens (tertiary/aromatic N) is 1. The standard InChI is InChI=1S/C46H50NO7/c1-33(48)53-44-30-45(29-42(52-32-35-14-10-7-11-15-35)28-43(44)47(45,2)31-34-12-8-6-9-13-34)54-46(36-16-22-39(49-3)23-17-36,37-18-24-40(50-4)25-19-37)38-20-26-41(51-5)27-21-38/h6-27,42-44H,28-32H2,1-5H3/q+1. The van der Waals surface area contributed by atoms with Gasteiger partial charge in [-0.25, -0.2) is 0 Å². The van der Waals surface area contributed by atoms with Gasteiger partial charge in [0.25, 0.3) is 0 Å². The second-order valence-electron chi connectivity index (χ2n) is 14.6. The summed E-state index contributed by atoms with van der Waals surface area (Å²) in [6.45, 7) is 2.63. The summed E-state index contributed by atoms with van der Waals surface area (Å²) >= 11 is 0. The number of likely N-dealkylation sites (N-methyl/N-ethyl adjacent to an activating group) is 1. The van der Waals surface area contributed by atoms with E-state index < -0.39 is 17.4 Å². The lowest BCUT2D eigenvalue weighted by Crippen LogP contribution is -2.69. The first-order valence-electron chi connectivity index (χ1n) is 18.6. The van der Waals surface area contributed by atoms with Gasteiger partial charge in [-0.3, -0.25) is 9.28 Å². The van der Waals surface area contributed by atoms with Gasteiger partial charge in [-0.1, -0.05) is 97.1 Å². The first kappa shape index (κ1) is 37.2. The van der Waals surface area contributed by atoms with Crippen LogP contribution in [-0.4, -0.2) is 62.8 Å². The molecular weight excluding hydrogens is 679 g/mol. The summed E-state index contributed by atoms with van der Waals surface area (Å²) in [5, 5.41) is 0. The van der Waals surface area contributed by atoms with Crippen molar-refractivity contribution in [2.24, 2.45) is 0 Å². The van der Waals surface area contributed by atoms with Gasteiger partial charge in [0.1, 0.15) is 35.4 Å². The van der Waals surface area contributed by atoms with Crippen LogP contribution in [0.5, 0.6) is 17.2 Å². The third kappa shape index (κ3) is 7.09. The van der Waals surface area contributed by atoms with E-state index in [1.807, 2.05) is 60.7 Å². The molecule has 0 saturated carbocycles. The number of hydrogen-bond donors (Lipinski definition) is 0. The number of carbonyl (C=O) groups is 1. The van der Waals surface area contributed by atoms with Crippen LogP contribution in [0.15, 0.2) is 133 Å². The Kier molecular flexibility index (Phi) is 10.8. The number of quaternary nitrogens is 1. The monoisotopic (exact) mass is 728 g/mol. The number of hydrogen-bond acceptors (Lipinski definition) is 7. The van der Waals surface area contributed by atoms with E-state index in [0.29, 0.717) is 36.9 Å². The Morgan fingerprint density at radius 3 is 1.57 bits per heavy atom. The molecule has 2 bridgehead atoms. The second kappa shape index (κ2) is 15.7. The van der Waals surface area contributed by atoms with Crippen molar-refractivity contribution in [2.45, 2.75) is 68.9 Å². The molecule has 2 aliphatic heterocycles. The third-order valence-electron chi connectivity index (χ3n) is 11.5. The number of rotatable bonds is 14. The van der Waals surface area contributed by atoms with E-state index in [2.05, 4.69) is 79.8 Å². The highest BCUT2D eigenvalue weighted by Crippen LogP contribution is 2.57. The summed E-state index contributed by atoms with van der Waals surface area (Å²) in [7, 11) is 7.28. The average molecular weight is 729 g/mol. The lowest BCUT2D eigenvalue weighted by molar-refractivity contribution is -1.01. The van der Waals surface area contributed by atoms with Crippen molar-refractivity contribution in [3.8, 4) is 17.2 Å². The van der Waals surface area contributed by atoms with Crippen molar-refractivity contribution in [1.29, 1.82) is 0 Å². The van der Waals surface area contributed by atoms with E-state index in [1.165, 1.54) is 12.5 Å². The summed E-state index contributed by atoms with van der Waals surface area (Å²) in [6.07, 6.45) is 1.19. The van der Waals surface area contributed by atoms with E-state index >= 15 is 0 Å². The zero-order valence-corrected chi connectivity index (χ0v) is 31.8. The minimum absolute atomic E-state index is 0.107. The molecule has 280 valence electrons. The number of carbonyl (C=O) groups excluding carboxylic acids is 1. The van der Waals surface area contributed by atoms with Crippen molar-refractivity contribution < 1.29 is 37.7 Å². The lowest BCUT2D eigenvalue weighted by Gasteiger charge is -2.56. The molecular formula is C46H50NO7+. The number of benzene rings is 5. The first-order chi connectivity index (χ1) is 26.2. The lowest BCUT2D eigenvalue weighted by atomic mass is 9.78. The first-order valence-corrected chi connectivity index (χ1v) is 18.6. The van der Waals surface area contributed by atoms with Crippen molar-refractivity contribution in [3.63, 3.8) is 0 Å². The van der Waals surface area contributed by atoms with E-state index in [-0.39, 0.29) is 18.1 Å². The SMILES string of the molecule is COc1ccc(C(OC23CC(OCc4ccccc4)CC(C(OC(C)=O)C2)[N+]3(C)Cc2ccccc2)(c2ccc(OC)cc2)c2ccc(OC)cc2)cc1. The molecule has 5 aromatic carbocycles. The summed E-state index contributed by atoms with van der Waals surface area (Å²) in [4.78, 5) is 12.8. The van der Waals surface area contributed by atoms with Gasteiger partial charge in [0.15, 0.2) is 6.10 Å². The molecule has 8 nitrogen and oxygen atoms in total. The maximum atomic E-state index is 12.8. The average Bonchev–Trinajstić information content (AvgIpc) is 3.29. The molecule has 0 aliphatic carbocycles. The van der Waals surface area contributed by atoms with Crippen molar-refractivity contribution in [3.05, 3.63) is 161 Å². The van der Waals surface area contributed by atoms with Gasteiger partial charge in [0.2, 0.25) is 5.72 Å². The topological polar surface area (TPSA) is 72.5 Å². The fraction of sp³-hybridized carbons (Fsp3) is 0.326. The molecule has 5 unspecified atom stereocenters. The Morgan fingerprint density at radius 2 is 1.13 bits per heavy atom. The van der Waals surface area contributed by atoms with Crippen LogP contribution in [0.2, 0.25) is 0 Å². The van der Waals surface area contributed by atoms with E-state index in [9.17, 15) is 4.79 Å². The summed E-state index contributed by atoms with van der Waals surface area (Å²) < 4.78 is 38.7.